The number of carbonyl (C=O) groups is 3. The van der Waals surface area contributed by atoms with Crippen molar-refractivity contribution in [1.29, 1.82) is 0 Å². The summed E-state index contributed by atoms with van der Waals surface area (Å²) in [6.45, 7) is 1.76. The van der Waals surface area contributed by atoms with Gasteiger partial charge in [-0.05, 0) is 18.9 Å². The first-order valence-corrected chi connectivity index (χ1v) is 11.2. The molecule has 29 heavy (non-hydrogen) atoms. The maximum absolute atomic E-state index is 12.4. The molecule has 3 rings (SSSR count). The average molecular weight is 421 g/mol. The highest BCUT2D eigenvalue weighted by atomic mass is 32.2. The molecule has 0 aromatic heterocycles. The molecule has 1 fully saturated rings. The molecule has 2 atom stereocenters. The zero-order valence-electron chi connectivity index (χ0n) is 16.0. The summed E-state index contributed by atoms with van der Waals surface area (Å²) in [6.07, 6.45) is -0.615. The third-order valence-electron chi connectivity index (χ3n) is 4.81. The third-order valence-corrected chi connectivity index (χ3v) is 6.56. The van der Waals surface area contributed by atoms with E-state index in [0.29, 0.717) is 6.54 Å². The molecule has 0 unspecified atom stereocenters. The number of amides is 2. The van der Waals surface area contributed by atoms with Gasteiger partial charge in [0, 0.05) is 19.4 Å². The molecule has 0 saturated carbocycles. The average Bonchev–Trinajstić information content (AvgIpc) is 3.06. The molecule has 1 aromatic rings. The van der Waals surface area contributed by atoms with Crippen molar-refractivity contribution in [2.45, 2.75) is 44.9 Å². The minimum absolute atomic E-state index is 0.00460. The van der Waals surface area contributed by atoms with Gasteiger partial charge in [-0.15, -0.1) is 0 Å². The number of esters is 1. The maximum Gasteiger partial charge on any atom is 0.355 e. The molecule has 0 aliphatic carbocycles. The number of benzene rings is 1. The van der Waals surface area contributed by atoms with Crippen molar-refractivity contribution in [3.63, 3.8) is 0 Å². The Kier molecular flexibility index (Phi) is 6.31. The van der Waals surface area contributed by atoms with Gasteiger partial charge in [0.05, 0.1) is 17.5 Å². The second kappa shape index (κ2) is 8.73. The zero-order chi connectivity index (χ0) is 21.0. The molecule has 0 radical (unpaired) electrons. The maximum atomic E-state index is 12.4. The van der Waals surface area contributed by atoms with Crippen LogP contribution in [0.15, 0.2) is 35.4 Å². The molecule has 2 amide bonds. The van der Waals surface area contributed by atoms with Gasteiger partial charge in [0.15, 0.2) is 15.9 Å². The largest absolute Gasteiger partial charge is 0.448 e. The van der Waals surface area contributed by atoms with Crippen LogP contribution in [-0.4, -0.2) is 60.6 Å². The van der Waals surface area contributed by atoms with E-state index in [0.717, 1.165) is 10.6 Å². The van der Waals surface area contributed by atoms with Crippen molar-refractivity contribution in [2.24, 2.45) is 5.10 Å². The number of hydrazone groups is 1. The van der Waals surface area contributed by atoms with Crippen molar-refractivity contribution >= 4 is 33.3 Å². The molecule has 156 valence electrons. The molecular formula is C19H23N3O6S. The van der Waals surface area contributed by atoms with Crippen LogP contribution in [0.1, 0.15) is 31.7 Å². The number of carbonyl (C=O) groups excluding carboxylic acids is 3. The summed E-state index contributed by atoms with van der Waals surface area (Å²) < 4.78 is 28.5. The Balaban J connectivity index is 1.58. The summed E-state index contributed by atoms with van der Waals surface area (Å²) in [4.78, 5) is 36.7. The number of ether oxygens (including phenoxy) is 1. The topological polar surface area (TPSA) is 122 Å². The number of sulfone groups is 1. The second-order valence-corrected chi connectivity index (χ2v) is 9.32. The fourth-order valence-corrected chi connectivity index (χ4v) is 4.87. The monoisotopic (exact) mass is 421 g/mol. The lowest BCUT2D eigenvalue weighted by atomic mass is 10.1. The molecule has 0 bridgehead atoms. The van der Waals surface area contributed by atoms with E-state index in [4.69, 9.17) is 4.74 Å². The zero-order valence-corrected chi connectivity index (χ0v) is 16.9. The summed E-state index contributed by atoms with van der Waals surface area (Å²) >= 11 is 0. The molecule has 2 aliphatic rings. The smallest absolute Gasteiger partial charge is 0.355 e. The normalized spacial score (nSPS) is 22.0. The van der Waals surface area contributed by atoms with Gasteiger partial charge in [-0.1, -0.05) is 30.3 Å². The van der Waals surface area contributed by atoms with E-state index in [1.807, 2.05) is 30.3 Å². The molecule has 10 heteroatoms. The van der Waals surface area contributed by atoms with E-state index in [1.165, 1.54) is 6.92 Å². The molecule has 1 saturated heterocycles. The molecular weight excluding hydrogens is 398 g/mol. The lowest BCUT2D eigenvalue weighted by molar-refractivity contribution is -0.149. The van der Waals surface area contributed by atoms with Gasteiger partial charge in [-0.2, -0.15) is 5.10 Å². The number of hydrogen-bond donors (Lipinski definition) is 1. The van der Waals surface area contributed by atoms with Gasteiger partial charge < -0.3 is 10.1 Å². The van der Waals surface area contributed by atoms with Crippen LogP contribution in [0.2, 0.25) is 0 Å². The summed E-state index contributed by atoms with van der Waals surface area (Å²) in [6, 6.07) is 8.74. The minimum atomic E-state index is -3.20. The van der Waals surface area contributed by atoms with Crippen molar-refractivity contribution < 1.29 is 27.5 Å². The Morgan fingerprint density at radius 3 is 2.66 bits per heavy atom. The summed E-state index contributed by atoms with van der Waals surface area (Å²) in [5, 5.41) is 7.82. The molecule has 1 aromatic carbocycles. The predicted octanol–water partition coefficient (Wildman–Crippen LogP) is 0.400. The van der Waals surface area contributed by atoms with E-state index >= 15 is 0 Å². The van der Waals surface area contributed by atoms with Gasteiger partial charge in [-0.25, -0.2) is 18.2 Å². The SMILES string of the molecule is C[C@@H](OC(=O)C1=NN([C@H]2CCS(=O)(=O)C2)C(=O)CC1)C(=O)NCc1ccccc1. The van der Waals surface area contributed by atoms with Gasteiger partial charge in [0.2, 0.25) is 5.91 Å². The Morgan fingerprint density at radius 2 is 2.00 bits per heavy atom. The predicted molar refractivity (Wildman–Crippen MR) is 104 cm³/mol. The van der Waals surface area contributed by atoms with E-state index in [2.05, 4.69) is 10.4 Å². The summed E-state index contributed by atoms with van der Waals surface area (Å²) in [5.74, 6) is -1.73. The third kappa shape index (κ3) is 5.41. The van der Waals surface area contributed by atoms with Crippen LogP contribution in [0, 0.1) is 0 Å². The molecule has 9 nitrogen and oxygen atoms in total. The van der Waals surface area contributed by atoms with Crippen molar-refractivity contribution in [1.82, 2.24) is 10.3 Å². The number of nitrogens with one attached hydrogen (secondary N) is 1. The number of rotatable bonds is 6. The molecule has 1 N–H and O–H groups in total. The van der Waals surface area contributed by atoms with Gasteiger partial charge in [0.25, 0.3) is 5.91 Å². The van der Waals surface area contributed by atoms with Crippen LogP contribution in [0.25, 0.3) is 0 Å². The Hall–Kier alpha value is -2.75. The minimum Gasteiger partial charge on any atom is -0.448 e. The number of nitrogens with zero attached hydrogens (tertiary/aromatic N) is 2. The first-order chi connectivity index (χ1) is 13.7. The van der Waals surface area contributed by atoms with Gasteiger partial charge in [-0.3, -0.25) is 9.59 Å². The fraction of sp³-hybridized carbons (Fsp3) is 0.474. The second-order valence-electron chi connectivity index (χ2n) is 7.09. The van der Waals surface area contributed by atoms with Crippen LogP contribution in [0.4, 0.5) is 0 Å². The molecule has 2 aliphatic heterocycles. The van der Waals surface area contributed by atoms with E-state index in [-0.39, 0.29) is 42.4 Å². The highest BCUT2D eigenvalue weighted by Crippen LogP contribution is 2.22. The van der Waals surface area contributed by atoms with Crippen molar-refractivity contribution in [3.8, 4) is 0 Å². The quantitative estimate of drug-likeness (QED) is 0.664. The fourth-order valence-electron chi connectivity index (χ4n) is 3.18. The van der Waals surface area contributed by atoms with Gasteiger partial charge in [0.1, 0.15) is 5.71 Å². The standard InChI is InChI=1S/C19H23N3O6S/c1-13(18(24)20-11-14-5-3-2-4-6-14)28-19(25)16-7-8-17(23)22(21-16)15-9-10-29(26,27)12-15/h2-6,13,15H,7-12H2,1H3,(H,20,24)/t13-,15+/m1/s1. The molecule has 0 spiro atoms. The Labute approximate surface area is 169 Å². The lowest BCUT2D eigenvalue weighted by Gasteiger charge is -2.27. The first kappa shape index (κ1) is 21.0. The summed E-state index contributed by atoms with van der Waals surface area (Å²) in [5.41, 5.74) is 0.924. The summed E-state index contributed by atoms with van der Waals surface area (Å²) in [7, 11) is -3.20. The van der Waals surface area contributed by atoms with E-state index in [1.54, 1.807) is 0 Å². The number of hydrogen-bond acceptors (Lipinski definition) is 7. The molecule has 2 heterocycles. The van der Waals surface area contributed by atoms with E-state index < -0.39 is 33.9 Å². The van der Waals surface area contributed by atoms with Crippen LogP contribution in [0.5, 0.6) is 0 Å². The lowest BCUT2D eigenvalue weighted by Crippen LogP contribution is -2.43. The van der Waals surface area contributed by atoms with Gasteiger partial charge >= 0.3 is 5.97 Å². The van der Waals surface area contributed by atoms with Crippen molar-refractivity contribution in [2.75, 3.05) is 11.5 Å². The Morgan fingerprint density at radius 1 is 1.28 bits per heavy atom. The van der Waals surface area contributed by atoms with Crippen molar-refractivity contribution in [3.05, 3.63) is 35.9 Å². The van der Waals surface area contributed by atoms with Crippen LogP contribution in [0.3, 0.4) is 0 Å². The van der Waals surface area contributed by atoms with Crippen LogP contribution in [-0.2, 0) is 35.5 Å². The highest BCUT2D eigenvalue weighted by molar-refractivity contribution is 7.91. The Bertz CT molecular complexity index is 929. The van der Waals surface area contributed by atoms with Crippen LogP contribution < -0.4 is 5.32 Å². The van der Waals surface area contributed by atoms with E-state index in [9.17, 15) is 22.8 Å². The highest BCUT2D eigenvalue weighted by Gasteiger charge is 2.37. The first-order valence-electron chi connectivity index (χ1n) is 9.38. The van der Waals surface area contributed by atoms with Crippen LogP contribution >= 0.6 is 0 Å².